The third-order valence-electron chi connectivity index (χ3n) is 6.36. The first-order valence-electron chi connectivity index (χ1n) is 10.3. The molecular formula is C24H24N4O2. The number of hydrogen-bond acceptors (Lipinski definition) is 5. The summed E-state index contributed by atoms with van der Waals surface area (Å²) in [6.07, 6.45) is 4.93. The van der Waals surface area contributed by atoms with E-state index in [0.29, 0.717) is 18.8 Å². The quantitative estimate of drug-likeness (QED) is 0.669. The fourth-order valence-corrected chi connectivity index (χ4v) is 4.71. The van der Waals surface area contributed by atoms with Gasteiger partial charge in [-0.2, -0.15) is 0 Å². The number of fused-ring (bicyclic) bond motifs is 2. The standard InChI is InChI=1S/C24H24N4O2/c1-30-19-15-25-22(26-16-19)23(29)27-13-11-24(12-14-27)17-28(18-7-3-2-4-8-18)21-10-6-5-9-20(21)24/h2-10,15-16H,11-14,17H2,1H3. The predicted octanol–water partition coefficient (Wildman–Crippen LogP) is 3.81. The lowest BCUT2D eigenvalue weighted by molar-refractivity contribution is 0.0662. The van der Waals surface area contributed by atoms with Crippen molar-refractivity contribution in [3.05, 3.63) is 78.4 Å². The van der Waals surface area contributed by atoms with Crippen LogP contribution in [0.5, 0.6) is 5.75 Å². The van der Waals surface area contributed by atoms with Crippen molar-refractivity contribution in [2.24, 2.45) is 0 Å². The summed E-state index contributed by atoms with van der Waals surface area (Å²) < 4.78 is 5.08. The van der Waals surface area contributed by atoms with Gasteiger partial charge in [0, 0.05) is 36.4 Å². The molecule has 1 fully saturated rings. The van der Waals surface area contributed by atoms with Crippen molar-refractivity contribution in [1.29, 1.82) is 0 Å². The highest BCUT2D eigenvalue weighted by molar-refractivity contribution is 5.90. The number of para-hydroxylation sites is 2. The minimum atomic E-state index is -0.112. The number of carbonyl (C=O) groups is 1. The molecule has 6 heteroatoms. The van der Waals surface area contributed by atoms with Crippen LogP contribution in [0, 0.1) is 0 Å². The number of ether oxygens (including phenoxy) is 1. The maximum absolute atomic E-state index is 12.9. The number of benzene rings is 2. The molecule has 6 nitrogen and oxygen atoms in total. The number of amides is 1. The topological polar surface area (TPSA) is 58.6 Å². The second-order valence-corrected chi connectivity index (χ2v) is 7.96. The molecule has 0 radical (unpaired) electrons. The van der Waals surface area contributed by atoms with Gasteiger partial charge in [0.2, 0.25) is 5.82 Å². The molecule has 0 saturated carbocycles. The summed E-state index contributed by atoms with van der Waals surface area (Å²) in [5.74, 6) is 0.663. The van der Waals surface area contributed by atoms with E-state index in [4.69, 9.17) is 4.74 Å². The molecule has 0 aliphatic carbocycles. The zero-order chi connectivity index (χ0) is 20.6. The molecule has 152 valence electrons. The number of nitrogens with zero attached hydrogens (tertiary/aromatic N) is 4. The third-order valence-corrected chi connectivity index (χ3v) is 6.36. The van der Waals surface area contributed by atoms with Gasteiger partial charge in [-0.05, 0) is 36.6 Å². The fraction of sp³-hybridized carbons (Fsp3) is 0.292. The van der Waals surface area contributed by atoms with E-state index in [-0.39, 0.29) is 17.1 Å². The molecule has 0 bridgehead atoms. The summed E-state index contributed by atoms with van der Waals surface area (Å²) in [5.41, 5.74) is 3.94. The Kier molecular flexibility index (Phi) is 4.62. The van der Waals surface area contributed by atoms with Crippen molar-refractivity contribution in [2.75, 3.05) is 31.6 Å². The zero-order valence-corrected chi connectivity index (χ0v) is 17.0. The van der Waals surface area contributed by atoms with Crippen LogP contribution in [0.25, 0.3) is 0 Å². The van der Waals surface area contributed by atoms with E-state index in [1.54, 1.807) is 7.11 Å². The van der Waals surface area contributed by atoms with Crippen molar-refractivity contribution >= 4 is 17.3 Å². The Bertz CT molecular complexity index is 1040. The van der Waals surface area contributed by atoms with E-state index < -0.39 is 0 Å². The number of methoxy groups -OCH3 is 1. The molecule has 30 heavy (non-hydrogen) atoms. The lowest BCUT2D eigenvalue weighted by atomic mass is 9.74. The monoisotopic (exact) mass is 400 g/mol. The van der Waals surface area contributed by atoms with Gasteiger partial charge in [-0.15, -0.1) is 0 Å². The Morgan fingerprint density at radius 1 is 0.967 bits per heavy atom. The largest absolute Gasteiger partial charge is 0.494 e. The smallest absolute Gasteiger partial charge is 0.291 e. The van der Waals surface area contributed by atoms with Gasteiger partial charge in [0.05, 0.1) is 19.5 Å². The fourth-order valence-electron chi connectivity index (χ4n) is 4.71. The Labute approximate surface area is 176 Å². The van der Waals surface area contributed by atoms with Crippen molar-refractivity contribution in [3.63, 3.8) is 0 Å². The minimum Gasteiger partial charge on any atom is -0.494 e. The van der Waals surface area contributed by atoms with Crippen LogP contribution >= 0.6 is 0 Å². The average molecular weight is 400 g/mol. The number of anilines is 2. The first kappa shape index (κ1) is 18.6. The van der Waals surface area contributed by atoms with E-state index >= 15 is 0 Å². The maximum atomic E-state index is 12.9. The van der Waals surface area contributed by atoms with Crippen LogP contribution in [0.1, 0.15) is 29.0 Å². The molecule has 1 saturated heterocycles. The van der Waals surface area contributed by atoms with Gasteiger partial charge >= 0.3 is 0 Å². The highest BCUT2D eigenvalue weighted by Gasteiger charge is 2.45. The van der Waals surface area contributed by atoms with Crippen LogP contribution in [0.15, 0.2) is 67.0 Å². The molecule has 2 aliphatic heterocycles. The number of likely N-dealkylation sites (tertiary alicyclic amines) is 1. The van der Waals surface area contributed by atoms with Crippen LogP contribution in [0.2, 0.25) is 0 Å². The van der Waals surface area contributed by atoms with E-state index in [9.17, 15) is 4.79 Å². The van der Waals surface area contributed by atoms with E-state index in [2.05, 4.69) is 63.4 Å². The van der Waals surface area contributed by atoms with Crippen LogP contribution in [0.3, 0.4) is 0 Å². The van der Waals surface area contributed by atoms with E-state index in [1.807, 2.05) is 11.0 Å². The predicted molar refractivity (Wildman–Crippen MR) is 115 cm³/mol. The van der Waals surface area contributed by atoms with E-state index in [1.165, 1.54) is 29.3 Å². The molecule has 3 heterocycles. The first-order chi connectivity index (χ1) is 14.7. The van der Waals surface area contributed by atoms with Gasteiger partial charge in [-0.3, -0.25) is 4.79 Å². The Hall–Kier alpha value is -3.41. The first-order valence-corrected chi connectivity index (χ1v) is 10.3. The van der Waals surface area contributed by atoms with Gasteiger partial charge in [-0.1, -0.05) is 36.4 Å². The number of carbonyl (C=O) groups excluding carboxylic acids is 1. The van der Waals surface area contributed by atoms with Crippen molar-refractivity contribution in [1.82, 2.24) is 14.9 Å². The lowest BCUT2D eigenvalue weighted by Gasteiger charge is -2.39. The SMILES string of the molecule is COc1cnc(C(=O)N2CCC3(CC2)CN(c2ccccc2)c2ccccc23)nc1. The lowest BCUT2D eigenvalue weighted by Crippen LogP contribution is -2.47. The summed E-state index contributed by atoms with van der Waals surface area (Å²) in [4.78, 5) is 25.5. The molecule has 2 aromatic carbocycles. The summed E-state index contributed by atoms with van der Waals surface area (Å²) in [6.45, 7) is 2.34. The van der Waals surface area contributed by atoms with Gasteiger partial charge in [0.15, 0.2) is 5.75 Å². The van der Waals surface area contributed by atoms with Crippen molar-refractivity contribution in [3.8, 4) is 5.75 Å². The Morgan fingerprint density at radius 2 is 1.63 bits per heavy atom. The molecule has 0 N–H and O–H groups in total. The number of aromatic nitrogens is 2. The molecular weight excluding hydrogens is 376 g/mol. The van der Waals surface area contributed by atoms with Gasteiger partial charge < -0.3 is 14.5 Å². The van der Waals surface area contributed by atoms with Crippen LogP contribution in [-0.2, 0) is 5.41 Å². The normalized spacial score (nSPS) is 17.1. The molecule has 0 atom stereocenters. The number of piperidine rings is 1. The molecule has 1 spiro atoms. The Morgan fingerprint density at radius 3 is 2.33 bits per heavy atom. The maximum Gasteiger partial charge on any atom is 0.291 e. The van der Waals surface area contributed by atoms with E-state index in [0.717, 1.165) is 19.4 Å². The molecule has 5 rings (SSSR count). The molecule has 1 amide bonds. The van der Waals surface area contributed by atoms with Crippen LogP contribution < -0.4 is 9.64 Å². The molecule has 3 aromatic rings. The second kappa shape index (κ2) is 7.44. The highest BCUT2D eigenvalue weighted by atomic mass is 16.5. The third kappa shape index (κ3) is 3.09. The van der Waals surface area contributed by atoms with Crippen LogP contribution in [0.4, 0.5) is 11.4 Å². The van der Waals surface area contributed by atoms with Gasteiger partial charge in [0.1, 0.15) is 0 Å². The summed E-state index contributed by atoms with van der Waals surface area (Å²) in [6, 6.07) is 19.2. The zero-order valence-electron chi connectivity index (χ0n) is 17.0. The Balaban J connectivity index is 1.36. The highest BCUT2D eigenvalue weighted by Crippen LogP contribution is 2.49. The van der Waals surface area contributed by atoms with Gasteiger partial charge in [-0.25, -0.2) is 9.97 Å². The molecule has 0 unspecified atom stereocenters. The number of rotatable bonds is 3. The molecule has 2 aliphatic rings. The summed E-state index contributed by atoms with van der Waals surface area (Å²) in [7, 11) is 1.56. The summed E-state index contributed by atoms with van der Waals surface area (Å²) >= 11 is 0. The van der Waals surface area contributed by atoms with Gasteiger partial charge in [0.25, 0.3) is 5.91 Å². The number of hydrogen-bond donors (Lipinski definition) is 0. The van der Waals surface area contributed by atoms with Crippen molar-refractivity contribution in [2.45, 2.75) is 18.3 Å². The van der Waals surface area contributed by atoms with Crippen LogP contribution in [-0.4, -0.2) is 47.5 Å². The van der Waals surface area contributed by atoms with Crippen molar-refractivity contribution < 1.29 is 9.53 Å². The molecule has 1 aromatic heterocycles. The summed E-state index contributed by atoms with van der Waals surface area (Å²) in [5, 5.41) is 0. The second-order valence-electron chi connectivity index (χ2n) is 7.96. The minimum absolute atomic E-state index is 0.0595. The average Bonchev–Trinajstić information content (AvgIpc) is 3.14.